The first-order valence-corrected chi connectivity index (χ1v) is 11.1. The first-order chi connectivity index (χ1) is 12.6. The number of benzene rings is 1. The van der Waals surface area contributed by atoms with E-state index in [1.807, 2.05) is 26.1 Å². The number of fused-ring (bicyclic) bond motifs is 2. The first kappa shape index (κ1) is 19.8. The standard InChI is InChI=1S/C19H20Br2N2O.C2H6/c20-13-9-12-1-2-15-14(3-4-16(24)18(15)21)17(19(12)23-10-13)11-5-7-22-8-6-11;1-2/h3-4,9-11,17,22,24H,1-2,5-8H2;1-2H3. The molecule has 1 saturated heterocycles. The Labute approximate surface area is 172 Å². The average molecular weight is 482 g/mol. The number of hydrogen-bond donors (Lipinski definition) is 2. The number of pyridine rings is 1. The van der Waals surface area contributed by atoms with Gasteiger partial charge in [-0.3, -0.25) is 4.98 Å². The van der Waals surface area contributed by atoms with Crippen molar-refractivity contribution in [3.05, 3.63) is 55.7 Å². The maximum absolute atomic E-state index is 10.1. The Morgan fingerprint density at radius 2 is 1.85 bits per heavy atom. The summed E-state index contributed by atoms with van der Waals surface area (Å²) in [4.78, 5) is 4.84. The lowest BCUT2D eigenvalue weighted by atomic mass is 9.77. The number of aromatic hydroxyl groups is 1. The van der Waals surface area contributed by atoms with Crippen molar-refractivity contribution in [2.75, 3.05) is 13.1 Å². The molecule has 1 aliphatic carbocycles. The SMILES string of the molecule is CC.Oc1ccc2c(c1Br)CCc1cc(Br)cnc1C2C1CCNCC1. The van der Waals surface area contributed by atoms with E-state index in [1.54, 1.807) is 0 Å². The number of halogens is 2. The highest BCUT2D eigenvalue weighted by molar-refractivity contribution is 9.10. The number of rotatable bonds is 1. The molecule has 5 heteroatoms. The van der Waals surface area contributed by atoms with E-state index in [9.17, 15) is 5.11 Å². The molecule has 140 valence electrons. The second-order valence-corrected chi connectivity index (χ2v) is 8.44. The predicted octanol–water partition coefficient (Wildman–Crippen LogP) is 5.57. The molecule has 0 bridgehead atoms. The highest BCUT2D eigenvalue weighted by atomic mass is 79.9. The molecule has 2 N–H and O–H groups in total. The molecule has 1 aromatic carbocycles. The van der Waals surface area contributed by atoms with Gasteiger partial charge in [0, 0.05) is 16.6 Å². The summed E-state index contributed by atoms with van der Waals surface area (Å²) in [5, 5.41) is 13.6. The monoisotopic (exact) mass is 480 g/mol. The van der Waals surface area contributed by atoms with E-state index in [2.05, 4.69) is 49.3 Å². The van der Waals surface area contributed by atoms with Crippen molar-refractivity contribution in [1.29, 1.82) is 0 Å². The van der Waals surface area contributed by atoms with Gasteiger partial charge in [0.2, 0.25) is 0 Å². The summed E-state index contributed by atoms with van der Waals surface area (Å²) in [6.45, 7) is 6.14. The Morgan fingerprint density at radius 1 is 1.12 bits per heavy atom. The van der Waals surface area contributed by atoms with Crippen molar-refractivity contribution < 1.29 is 5.11 Å². The lowest BCUT2D eigenvalue weighted by molar-refractivity contribution is 0.338. The Morgan fingerprint density at radius 3 is 2.58 bits per heavy atom. The number of hydrogen-bond acceptors (Lipinski definition) is 3. The van der Waals surface area contributed by atoms with E-state index in [0.29, 0.717) is 17.6 Å². The fourth-order valence-electron chi connectivity index (χ4n) is 4.20. The zero-order valence-electron chi connectivity index (χ0n) is 15.4. The van der Waals surface area contributed by atoms with Crippen LogP contribution in [0.4, 0.5) is 0 Å². The molecule has 4 rings (SSSR count). The summed E-state index contributed by atoms with van der Waals surface area (Å²) in [6, 6.07) is 6.15. The Bertz CT molecular complexity index is 773. The molecule has 0 radical (unpaired) electrons. The summed E-state index contributed by atoms with van der Waals surface area (Å²) >= 11 is 7.19. The van der Waals surface area contributed by atoms with Crippen molar-refractivity contribution in [3.63, 3.8) is 0 Å². The van der Waals surface area contributed by atoms with Crippen LogP contribution in [0.15, 0.2) is 33.3 Å². The molecule has 3 nitrogen and oxygen atoms in total. The van der Waals surface area contributed by atoms with Gasteiger partial charge in [0.05, 0.1) is 10.2 Å². The van der Waals surface area contributed by atoms with Gasteiger partial charge in [-0.1, -0.05) is 19.9 Å². The molecule has 2 heterocycles. The lowest BCUT2D eigenvalue weighted by Gasteiger charge is -2.32. The van der Waals surface area contributed by atoms with Gasteiger partial charge in [-0.25, -0.2) is 0 Å². The molecule has 2 aromatic rings. The van der Waals surface area contributed by atoms with Crippen LogP contribution in [0, 0.1) is 5.92 Å². The molecule has 0 spiro atoms. The van der Waals surface area contributed by atoms with Crippen LogP contribution in [0.1, 0.15) is 55.0 Å². The zero-order chi connectivity index (χ0) is 18.7. The van der Waals surface area contributed by atoms with Gasteiger partial charge in [0.15, 0.2) is 0 Å². The topological polar surface area (TPSA) is 45.2 Å². The van der Waals surface area contributed by atoms with Crippen LogP contribution >= 0.6 is 31.9 Å². The summed E-state index contributed by atoms with van der Waals surface area (Å²) in [6.07, 6.45) is 6.14. The number of phenols is 1. The molecule has 2 aliphatic rings. The number of piperidine rings is 1. The van der Waals surface area contributed by atoms with Gasteiger partial charge in [0.25, 0.3) is 0 Å². The summed E-state index contributed by atoms with van der Waals surface area (Å²) in [7, 11) is 0. The van der Waals surface area contributed by atoms with Gasteiger partial charge in [-0.05, 0) is 105 Å². The summed E-state index contributed by atoms with van der Waals surface area (Å²) < 4.78 is 1.89. The average Bonchev–Trinajstić information content (AvgIpc) is 2.84. The molecule has 0 amide bonds. The van der Waals surface area contributed by atoms with Crippen molar-refractivity contribution in [2.24, 2.45) is 5.92 Å². The summed E-state index contributed by atoms with van der Waals surface area (Å²) in [5.41, 5.74) is 5.13. The molecular weight excluding hydrogens is 456 g/mol. The van der Waals surface area contributed by atoms with Gasteiger partial charge >= 0.3 is 0 Å². The number of nitrogens with zero attached hydrogens (tertiary/aromatic N) is 1. The highest BCUT2D eigenvalue weighted by Crippen LogP contribution is 2.45. The second-order valence-electron chi connectivity index (χ2n) is 6.73. The Hall–Kier alpha value is -0.910. The minimum absolute atomic E-state index is 0.310. The van der Waals surface area contributed by atoms with Crippen molar-refractivity contribution in [3.8, 4) is 5.75 Å². The van der Waals surface area contributed by atoms with Crippen LogP contribution in [-0.2, 0) is 12.8 Å². The van der Waals surface area contributed by atoms with E-state index in [4.69, 9.17) is 4.98 Å². The number of nitrogens with one attached hydrogen (secondary N) is 1. The molecule has 1 fully saturated rings. The van der Waals surface area contributed by atoms with Crippen LogP contribution < -0.4 is 5.32 Å². The largest absolute Gasteiger partial charge is 0.507 e. The predicted molar refractivity (Wildman–Crippen MR) is 114 cm³/mol. The smallest absolute Gasteiger partial charge is 0.130 e. The van der Waals surface area contributed by atoms with Gasteiger partial charge in [-0.2, -0.15) is 0 Å². The van der Waals surface area contributed by atoms with E-state index < -0.39 is 0 Å². The number of aryl methyl sites for hydroxylation is 1. The van der Waals surface area contributed by atoms with Crippen LogP contribution in [0.25, 0.3) is 0 Å². The minimum atomic E-state index is 0.310. The van der Waals surface area contributed by atoms with Crippen molar-refractivity contribution >= 4 is 31.9 Å². The quantitative estimate of drug-likeness (QED) is 0.559. The zero-order valence-corrected chi connectivity index (χ0v) is 18.5. The normalized spacial score (nSPS) is 19.6. The summed E-state index contributed by atoms with van der Waals surface area (Å²) in [5.74, 6) is 1.23. The number of phenolic OH excluding ortho intramolecular Hbond substituents is 1. The van der Waals surface area contributed by atoms with Crippen LogP contribution in [0.3, 0.4) is 0 Å². The third-order valence-electron chi connectivity index (χ3n) is 5.36. The Balaban J connectivity index is 0.000000948. The molecular formula is C21H26Br2N2O. The van der Waals surface area contributed by atoms with Crippen molar-refractivity contribution in [1.82, 2.24) is 10.3 Å². The van der Waals surface area contributed by atoms with Gasteiger partial charge in [-0.15, -0.1) is 0 Å². The fraction of sp³-hybridized carbons (Fsp3) is 0.476. The van der Waals surface area contributed by atoms with Crippen LogP contribution in [-0.4, -0.2) is 23.2 Å². The molecule has 1 atom stereocenters. The van der Waals surface area contributed by atoms with E-state index in [-0.39, 0.29) is 0 Å². The molecule has 0 saturated carbocycles. The van der Waals surface area contributed by atoms with Crippen LogP contribution in [0.2, 0.25) is 0 Å². The van der Waals surface area contributed by atoms with E-state index >= 15 is 0 Å². The molecule has 1 aromatic heterocycles. The second kappa shape index (κ2) is 8.85. The maximum Gasteiger partial charge on any atom is 0.130 e. The molecule has 1 unspecified atom stereocenters. The molecule has 1 aliphatic heterocycles. The number of aromatic nitrogens is 1. The minimum Gasteiger partial charge on any atom is -0.507 e. The van der Waals surface area contributed by atoms with Crippen molar-refractivity contribution in [2.45, 2.75) is 45.4 Å². The van der Waals surface area contributed by atoms with Gasteiger partial charge < -0.3 is 10.4 Å². The fourth-order valence-corrected chi connectivity index (χ4v) is 5.14. The first-order valence-electron chi connectivity index (χ1n) is 9.50. The lowest BCUT2D eigenvalue weighted by Crippen LogP contribution is -2.32. The Kier molecular flexibility index (Phi) is 6.76. The van der Waals surface area contributed by atoms with Gasteiger partial charge in [0.1, 0.15) is 5.75 Å². The van der Waals surface area contributed by atoms with E-state index in [1.165, 1.54) is 35.2 Å². The third-order valence-corrected chi connectivity index (χ3v) is 6.67. The van der Waals surface area contributed by atoms with E-state index in [0.717, 1.165) is 34.9 Å². The van der Waals surface area contributed by atoms with Crippen LogP contribution in [0.5, 0.6) is 5.75 Å². The molecule has 26 heavy (non-hydrogen) atoms. The third kappa shape index (κ3) is 3.85. The highest BCUT2D eigenvalue weighted by Gasteiger charge is 2.33. The maximum atomic E-state index is 10.1.